The topological polar surface area (TPSA) is 66.8 Å². The number of thiophene rings is 1. The molecule has 0 aliphatic heterocycles. The van der Waals surface area contributed by atoms with E-state index in [1.807, 2.05) is 30.3 Å². The van der Waals surface area contributed by atoms with E-state index in [0.29, 0.717) is 17.8 Å². The number of carboxylic acid groups (broad SMARTS) is 1. The van der Waals surface area contributed by atoms with Gasteiger partial charge >= 0.3 is 5.97 Å². The minimum atomic E-state index is -0.905. The fraction of sp³-hybridized carbons (Fsp3) is 0.400. The van der Waals surface area contributed by atoms with Gasteiger partial charge in [0.2, 0.25) is 5.91 Å². The highest BCUT2D eigenvalue weighted by molar-refractivity contribution is 7.13. The molecular weight excluding hydrogens is 386 g/mol. The highest BCUT2D eigenvalue weighted by Crippen LogP contribution is 2.18. The lowest BCUT2D eigenvalue weighted by Gasteiger charge is -2.19. The van der Waals surface area contributed by atoms with Gasteiger partial charge in [-0.15, -0.1) is 11.3 Å². The van der Waals surface area contributed by atoms with E-state index in [1.54, 1.807) is 6.07 Å². The second-order valence-corrected chi connectivity index (χ2v) is 7.79. The monoisotopic (exact) mass is 409 g/mol. The third kappa shape index (κ3) is 7.33. The maximum Gasteiger partial charge on any atom is 0.345 e. The molecule has 0 unspecified atom stereocenters. The number of halogens is 1. The largest absolute Gasteiger partial charge is 0.477 e. The van der Waals surface area contributed by atoms with Crippen LogP contribution in [0.1, 0.15) is 45.8 Å². The Kier molecular flexibility index (Phi) is 8.78. The zero-order valence-electron chi connectivity index (χ0n) is 15.3. The lowest BCUT2D eigenvalue weighted by atomic mass is 10.1. The van der Waals surface area contributed by atoms with Crippen LogP contribution < -0.4 is 0 Å². The first-order valence-corrected chi connectivity index (χ1v) is 10.1. The van der Waals surface area contributed by atoms with E-state index in [0.717, 1.165) is 42.0 Å². The molecular formula is C20H24ClNO4S. The molecule has 0 bridgehead atoms. The summed E-state index contributed by atoms with van der Waals surface area (Å²) in [5, 5.41) is 11.1. The number of benzene rings is 1. The summed E-state index contributed by atoms with van der Waals surface area (Å²) in [6, 6.07) is 11.2. The first kappa shape index (κ1) is 21.4. The van der Waals surface area contributed by atoms with Gasteiger partial charge in [0.05, 0.1) is 7.11 Å². The minimum absolute atomic E-state index is 0.0269. The molecule has 1 aromatic heterocycles. The van der Waals surface area contributed by atoms with E-state index in [1.165, 1.54) is 29.1 Å². The molecule has 0 fully saturated rings. The number of hydroxylamine groups is 2. The van der Waals surface area contributed by atoms with Crippen LogP contribution in [-0.2, 0) is 22.5 Å². The summed E-state index contributed by atoms with van der Waals surface area (Å²) in [6.45, 7) is 0.490. The molecule has 2 rings (SSSR count). The van der Waals surface area contributed by atoms with Crippen LogP contribution in [0.25, 0.3) is 0 Å². The average molecular weight is 410 g/mol. The Balaban J connectivity index is 1.67. The molecule has 0 atom stereocenters. The van der Waals surface area contributed by atoms with Crippen molar-refractivity contribution in [2.24, 2.45) is 0 Å². The van der Waals surface area contributed by atoms with Crippen LogP contribution in [0.4, 0.5) is 0 Å². The van der Waals surface area contributed by atoms with Crippen LogP contribution in [0.2, 0.25) is 5.02 Å². The van der Waals surface area contributed by atoms with Crippen molar-refractivity contribution in [3.8, 4) is 0 Å². The lowest BCUT2D eigenvalue weighted by molar-refractivity contribution is -0.176. The van der Waals surface area contributed by atoms with Crippen molar-refractivity contribution in [3.05, 3.63) is 56.7 Å². The Bertz CT molecular complexity index is 762. The van der Waals surface area contributed by atoms with Crippen LogP contribution in [0, 0.1) is 0 Å². The summed E-state index contributed by atoms with van der Waals surface area (Å²) >= 11 is 7.24. The predicted octanol–water partition coefficient (Wildman–Crippen LogP) is 4.84. The summed E-state index contributed by atoms with van der Waals surface area (Å²) in [5.41, 5.74) is 1.18. The van der Waals surface area contributed by atoms with Gasteiger partial charge in [0.25, 0.3) is 0 Å². The number of hydrogen-bond acceptors (Lipinski definition) is 4. The molecule has 7 heteroatoms. The first-order valence-electron chi connectivity index (χ1n) is 8.90. The van der Waals surface area contributed by atoms with Crippen molar-refractivity contribution in [2.75, 3.05) is 13.7 Å². The van der Waals surface area contributed by atoms with Crippen molar-refractivity contribution >= 4 is 34.8 Å². The van der Waals surface area contributed by atoms with Gasteiger partial charge in [0, 0.05) is 22.9 Å². The van der Waals surface area contributed by atoms with Crippen LogP contribution in [0.15, 0.2) is 36.4 Å². The fourth-order valence-corrected chi connectivity index (χ4v) is 3.87. The maximum atomic E-state index is 12.3. The van der Waals surface area contributed by atoms with E-state index in [-0.39, 0.29) is 5.91 Å². The smallest absolute Gasteiger partial charge is 0.345 e. The second-order valence-electron chi connectivity index (χ2n) is 6.19. The third-order valence-electron chi connectivity index (χ3n) is 4.15. The summed E-state index contributed by atoms with van der Waals surface area (Å²) in [4.78, 5) is 29.7. The number of nitrogens with zero attached hydrogens (tertiary/aromatic N) is 1. The van der Waals surface area contributed by atoms with Crippen LogP contribution in [-0.4, -0.2) is 35.7 Å². The number of hydrogen-bond donors (Lipinski definition) is 1. The van der Waals surface area contributed by atoms with Crippen molar-refractivity contribution in [1.82, 2.24) is 5.06 Å². The van der Waals surface area contributed by atoms with Gasteiger partial charge in [0.15, 0.2) is 0 Å². The first-order chi connectivity index (χ1) is 13.0. The lowest BCUT2D eigenvalue weighted by Crippen LogP contribution is -2.31. The number of carbonyl (C=O) groups excluding carboxylic acids is 1. The van der Waals surface area contributed by atoms with E-state index >= 15 is 0 Å². The van der Waals surface area contributed by atoms with Crippen LogP contribution >= 0.6 is 22.9 Å². The number of amides is 1. The fourth-order valence-electron chi connectivity index (χ4n) is 2.76. The van der Waals surface area contributed by atoms with Gasteiger partial charge in [-0.2, -0.15) is 0 Å². The average Bonchev–Trinajstić information content (AvgIpc) is 3.11. The molecule has 0 radical (unpaired) electrons. The predicted molar refractivity (Wildman–Crippen MR) is 107 cm³/mol. The molecule has 146 valence electrons. The van der Waals surface area contributed by atoms with Gasteiger partial charge in [-0.3, -0.25) is 9.63 Å². The summed E-state index contributed by atoms with van der Waals surface area (Å²) in [5.74, 6) is -0.932. The molecule has 27 heavy (non-hydrogen) atoms. The highest BCUT2D eigenvalue weighted by Gasteiger charge is 2.13. The summed E-state index contributed by atoms with van der Waals surface area (Å²) < 4.78 is 0. The molecule has 2 aromatic rings. The molecule has 1 amide bonds. The molecule has 5 nitrogen and oxygen atoms in total. The normalized spacial score (nSPS) is 10.7. The molecule has 0 aliphatic rings. The zero-order chi connectivity index (χ0) is 19.6. The minimum Gasteiger partial charge on any atom is -0.477 e. The molecule has 1 heterocycles. The van der Waals surface area contributed by atoms with E-state index in [9.17, 15) is 9.59 Å². The Morgan fingerprint density at radius 3 is 2.63 bits per heavy atom. The van der Waals surface area contributed by atoms with E-state index < -0.39 is 5.97 Å². The zero-order valence-corrected chi connectivity index (χ0v) is 16.9. The van der Waals surface area contributed by atoms with Gasteiger partial charge in [-0.25, -0.2) is 9.86 Å². The SMILES string of the molecule is CON(CCCc1ccc(C(=O)O)s1)C(=O)CCCCc1cccc(Cl)c1. The highest BCUT2D eigenvalue weighted by atomic mass is 35.5. The Hall–Kier alpha value is -1.89. The Morgan fingerprint density at radius 1 is 1.15 bits per heavy atom. The number of rotatable bonds is 11. The summed E-state index contributed by atoms with van der Waals surface area (Å²) in [7, 11) is 1.50. The maximum absolute atomic E-state index is 12.3. The van der Waals surface area contributed by atoms with E-state index in [2.05, 4.69) is 0 Å². The Labute approximate surface area is 168 Å². The quantitative estimate of drug-likeness (QED) is 0.426. The van der Waals surface area contributed by atoms with Gasteiger partial charge in [-0.05, 0) is 61.9 Å². The van der Waals surface area contributed by atoms with Gasteiger partial charge in [-0.1, -0.05) is 23.7 Å². The summed E-state index contributed by atoms with van der Waals surface area (Å²) in [6.07, 6.45) is 4.48. The van der Waals surface area contributed by atoms with Gasteiger partial charge in [0.1, 0.15) is 4.88 Å². The Morgan fingerprint density at radius 2 is 1.96 bits per heavy atom. The number of aromatic carboxylic acids is 1. The molecule has 0 saturated carbocycles. The molecule has 0 aliphatic carbocycles. The standard InChI is InChI=1S/C20H24ClNO4S/c1-26-22(13-5-9-17-11-12-18(27-17)20(24)25)19(23)10-3-2-6-15-7-4-8-16(21)14-15/h4,7-8,11-12,14H,2-3,5-6,9-10,13H2,1H3,(H,24,25). The van der Waals surface area contributed by atoms with E-state index in [4.69, 9.17) is 21.5 Å². The number of unbranched alkanes of at least 4 members (excludes halogenated alkanes) is 1. The molecule has 0 spiro atoms. The number of carbonyl (C=O) groups is 2. The van der Waals surface area contributed by atoms with Crippen molar-refractivity contribution in [2.45, 2.75) is 38.5 Å². The molecule has 1 aromatic carbocycles. The molecule has 0 saturated heterocycles. The van der Waals surface area contributed by atoms with Crippen molar-refractivity contribution < 1.29 is 19.5 Å². The van der Waals surface area contributed by atoms with Crippen LogP contribution in [0.5, 0.6) is 0 Å². The number of aryl methyl sites for hydroxylation is 2. The van der Waals surface area contributed by atoms with Crippen molar-refractivity contribution in [1.29, 1.82) is 0 Å². The van der Waals surface area contributed by atoms with Crippen molar-refractivity contribution in [3.63, 3.8) is 0 Å². The third-order valence-corrected chi connectivity index (χ3v) is 5.52. The second kappa shape index (κ2) is 11.1. The molecule has 1 N–H and O–H groups in total. The van der Waals surface area contributed by atoms with Gasteiger partial charge < -0.3 is 5.11 Å². The number of carboxylic acids is 1. The van der Waals surface area contributed by atoms with Crippen LogP contribution in [0.3, 0.4) is 0 Å².